The summed E-state index contributed by atoms with van der Waals surface area (Å²) in [5.41, 5.74) is 1.05. The third kappa shape index (κ3) is 3.43. The summed E-state index contributed by atoms with van der Waals surface area (Å²) in [5, 5.41) is 3.84. The first-order chi connectivity index (χ1) is 5.29. The summed E-state index contributed by atoms with van der Waals surface area (Å²) in [6.45, 7) is -2.55. The number of hydrogen-bond acceptors (Lipinski definition) is 2. The second-order valence-corrected chi connectivity index (χ2v) is 2.79. The molecule has 1 heterocycles. The number of thiophene rings is 1. The fraction of sp³-hybridized carbons (Fsp3) is 0.429. The molecule has 0 fully saturated rings. The SMILES string of the molecule is FC(F)OCCc1ccsc1. The topological polar surface area (TPSA) is 9.23 Å². The summed E-state index contributed by atoms with van der Waals surface area (Å²) in [6.07, 6.45) is 0.563. The Morgan fingerprint density at radius 3 is 2.91 bits per heavy atom. The van der Waals surface area contributed by atoms with Gasteiger partial charge < -0.3 is 4.74 Å². The molecule has 0 aliphatic rings. The van der Waals surface area contributed by atoms with Gasteiger partial charge in [-0.1, -0.05) is 0 Å². The Bertz CT molecular complexity index is 186. The zero-order valence-corrected chi connectivity index (χ0v) is 6.61. The smallest absolute Gasteiger partial charge is 0.323 e. The molecule has 0 aromatic carbocycles. The second-order valence-electron chi connectivity index (χ2n) is 2.01. The number of hydrogen-bond donors (Lipinski definition) is 0. The standard InChI is InChI=1S/C7H8F2OS/c8-7(9)10-3-1-6-2-4-11-5-6/h2,4-5,7H,1,3H2. The summed E-state index contributed by atoms with van der Waals surface area (Å²) in [4.78, 5) is 0. The normalized spacial score (nSPS) is 10.8. The fourth-order valence-corrected chi connectivity index (χ4v) is 1.40. The number of rotatable bonds is 4. The molecule has 1 rings (SSSR count). The van der Waals surface area contributed by atoms with Crippen molar-refractivity contribution in [1.29, 1.82) is 0 Å². The van der Waals surface area contributed by atoms with Crippen LogP contribution in [-0.4, -0.2) is 13.2 Å². The highest BCUT2D eigenvalue weighted by Crippen LogP contribution is 2.07. The van der Waals surface area contributed by atoms with Crippen LogP contribution in [-0.2, 0) is 11.2 Å². The molecule has 0 aliphatic carbocycles. The molecule has 4 heteroatoms. The van der Waals surface area contributed by atoms with E-state index in [-0.39, 0.29) is 6.61 Å². The van der Waals surface area contributed by atoms with Crippen molar-refractivity contribution in [2.24, 2.45) is 0 Å². The lowest BCUT2D eigenvalue weighted by Crippen LogP contribution is -2.02. The molecule has 11 heavy (non-hydrogen) atoms. The number of halogens is 2. The highest BCUT2D eigenvalue weighted by Gasteiger charge is 2.00. The lowest BCUT2D eigenvalue weighted by molar-refractivity contribution is -0.127. The maximum absolute atomic E-state index is 11.4. The lowest BCUT2D eigenvalue weighted by atomic mass is 10.3. The van der Waals surface area contributed by atoms with Crippen LogP contribution in [0.25, 0.3) is 0 Å². The van der Waals surface area contributed by atoms with Gasteiger partial charge in [0.05, 0.1) is 6.61 Å². The van der Waals surface area contributed by atoms with Gasteiger partial charge in [0.2, 0.25) is 0 Å². The van der Waals surface area contributed by atoms with Gasteiger partial charge in [-0.05, 0) is 28.8 Å². The molecule has 0 saturated carbocycles. The van der Waals surface area contributed by atoms with Gasteiger partial charge in [0.15, 0.2) is 0 Å². The van der Waals surface area contributed by atoms with Crippen molar-refractivity contribution in [2.45, 2.75) is 13.0 Å². The van der Waals surface area contributed by atoms with Crippen LogP contribution in [0, 0.1) is 0 Å². The highest BCUT2D eigenvalue weighted by molar-refractivity contribution is 7.07. The Kier molecular flexibility index (Phi) is 3.45. The molecular weight excluding hydrogens is 170 g/mol. The Labute approximate surface area is 67.6 Å². The van der Waals surface area contributed by atoms with E-state index in [1.807, 2.05) is 16.8 Å². The summed E-state index contributed by atoms with van der Waals surface area (Å²) in [7, 11) is 0. The lowest BCUT2D eigenvalue weighted by Gasteiger charge is -1.99. The molecule has 0 spiro atoms. The minimum atomic E-state index is -2.64. The van der Waals surface area contributed by atoms with Crippen molar-refractivity contribution in [3.63, 3.8) is 0 Å². The minimum Gasteiger partial charge on any atom is -0.323 e. The van der Waals surface area contributed by atoms with E-state index >= 15 is 0 Å². The van der Waals surface area contributed by atoms with Crippen molar-refractivity contribution in [1.82, 2.24) is 0 Å². The summed E-state index contributed by atoms with van der Waals surface area (Å²) in [5.74, 6) is 0. The molecule has 1 aromatic rings. The molecule has 1 nitrogen and oxygen atoms in total. The third-order valence-electron chi connectivity index (χ3n) is 1.21. The predicted molar refractivity (Wildman–Crippen MR) is 40.0 cm³/mol. The Morgan fingerprint density at radius 2 is 2.36 bits per heavy atom. The average molecular weight is 178 g/mol. The molecule has 0 saturated heterocycles. The van der Waals surface area contributed by atoms with Gasteiger partial charge in [-0.25, -0.2) is 0 Å². The summed E-state index contributed by atoms with van der Waals surface area (Å²) in [6, 6.07) is 1.90. The predicted octanol–water partition coefficient (Wildman–Crippen LogP) is 2.53. The first kappa shape index (κ1) is 8.62. The van der Waals surface area contributed by atoms with Crippen molar-refractivity contribution in [2.75, 3.05) is 6.61 Å². The van der Waals surface area contributed by atoms with Crippen LogP contribution in [0.4, 0.5) is 8.78 Å². The van der Waals surface area contributed by atoms with E-state index in [1.165, 1.54) is 0 Å². The van der Waals surface area contributed by atoms with Crippen LogP contribution >= 0.6 is 11.3 Å². The molecule has 0 radical (unpaired) electrons. The van der Waals surface area contributed by atoms with Gasteiger partial charge in [0.25, 0.3) is 0 Å². The molecule has 0 unspecified atom stereocenters. The molecule has 1 aromatic heterocycles. The summed E-state index contributed by atoms with van der Waals surface area (Å²) < 4.78 is 27.0. The zero-order valence-electron chi connectivity index (χ0n) is 5.80. The van der Waals surface area contributed by atoms with E-state index < -0.39 is 6.61 Å². The third-order valence-corrected chi connectivity index (χ3v) is 1.95. The van der Waals surface area contributed by atoms with Gasteiger partial charge in [-0.2, -0.15) is 20.1 Å². The van der Waals surface area contributed by atoms with Gasteiger partial charge in [-0.15, -0.1) is 0 Å². The van der Waals surface area contributed by atoms with Crippen molar-refractivity contribution in [3.05, 3.63) is 22.4 Å². The van der Waals surface area contributed by atoms with Crippen molar-refractivity contribution < 1.29 is 13.5 Å². The molecule has 0 aliphatic heterocycles. The Morgan fingerprint density at radius 1 is 1.55 bits per heavy atom. The zero-order chi connectivity index (χ0) is 8.10. The molecular formula is C7H8F2OS. The van der Waals surface area contributed by atoms with Crippen LogP contribution in [0.2, 0.25) is 0 Å². The largest absolute Gasteiger partial charge is 0.345 e. The molecule has 62 valence electrons. The Balaban J connectivity index is 2.14. The van der Waals surface area contributed by atoms with Crippen molar-refractivity contribution in [3.8, 4) is 0 Å². The van der Waals surface area contributed by atoms with Crippen LogP contribution < -0.4 is 0 Å². The molecule has 0 atom stereocenters. The first-order valence-electron chi connectivity index (χ1n) is 3.20. The minimum absolute atomic E-state index is 0.0917. The second kappa shape index (κ2) is 4.41. The van der Waals surface area contributed by atoms with Gasteiger partial charge in [-0.3, -0.25) is 0 Å². The fourth-order valence-electron chi connectivity index (χ4n) is 0.701. The van der Waals surface area contributed by atoms with Crippen LogP contribution in [0.1, 0.15) is 5.56 Å². The van der Waals surface area contributed by atoms with E-state index in [1.54, 1.807) is 11.3 Å². The van der Waals surface area contributed by atoms with Crippen molar-refractivity contribution >= 4 is 11.3 Å². The van der Waals surface area contributed by atoms with Crippen LogP contribution in [0.15, 0.2) is 16.8 Å². The average Bonchev–Trinajstić information content (AvgIpc) is 2.39. The van der Waals surface area contributed by atoms with Crippen LogP contribution in [0.5, 0.6) is 0 Å². The highest BCUT2D eigenvalue weighted by atomic mass is 32.1. The maximum Gasteiger partial charge on any atom is 0.345 e. The first-order valence-corrected chi connectivity index (χ1v) is 4.14. The van der Waals surface area contributed by atoms with E-state index in [9.17, 15) is 8.78 Å². The molecule has 0 amide bonds. The van der Waals surface area contributed by atoms with E-state index in [4.69, 9.17) is 0 Å². The van der Waals surface area contributed by atoms with Gasteiger partial charge in [0.1, 0.15) is 0 Å². The van der Waals surface area contributed by atoms with Crippen LogP contribution in [0.3, 0.4) is 0 Å². The maximum atomic E-state index is 11.4. The van der Waals surface area contributed by atoms with Gasteiger partial charge in [0, 0.05) is 0 Å². The van der Waals surface area contributed by atoms with E-state index in [0.717, 1.165) is 5.56 Å². The summed E-state index contributed by atoms with van der Waals surface area (Å²) >= 11 is 1.56. The number of alkyl halides is 2. The van der Waals surface area contributed by atoms with E-state index in [2.05, 4.69) is 4.74 Å². The molecule has 0 bridgehead atoms. The molecule has 0 N–H and O–H groups in total. The van der Waals surface area contributed by atoms with E-state index in [0.29, 0.717) is 6.42 Å². The Hall–Kier alpha value is -0.480. The monoisotopic (exact) mass is 178 g/mol. The number of ether oxygens (including phenoxy) is 1. The van der Waals surface area contributed by atoms with Gasteiger partial charge >= 0.3 is 6.61 Å². The quantitative estimate of drug-likeness (QED) is 0.688.